The van der Waals surface area contributed by atoms with Gasteiger partial charge in [0.25, 0.3) is 0 Å². The van der Waals surface area contributed by atoms with E-state index in [1.807, 2.05) is 0 Å². The summed E-state index contributed by atoms with van der Waals surface area (Å²) in [6, 6.07) is 8.07. The van der Waals surface area contributed by atoms with Crippen LogP contribution in [0, 0.1) is 5.92 Å². The zero-order valence-electron chi connectivity index (χ0n) is 15.4. The molecule has 24 heavy (non-hydrogen) atoms. The molecule has 1 rings (SSSR count). The van der Waals surface area contributed by atoms with Crippen LogP contribution in [-0.4, -0.2) is 25.2 Å². The topological polar surface area (TPSA) is 67.4 Å². The van der Waals surface area contributed by atoms with Gasteiger partial charge in [0, 0.05) is 6.04 Å². The zero-order valence-corrected chi connectivity index (χ0v) is 15.4. The van der Waals surface area contributed by atoms with Crippen molar-refractivity contribution in [1.82, 2.24) is 10.6 Å². The van der Waals surface area contributed by atoms with Crippen molar-refractivity contribution in [1.29, 1.82) is 0 Å². The van der Waals surface area contributed by atoms with Gasteiger partial charge in [-0.2, -0.15) is 0 Å². The SMILES string of the molecule is CCCCc1ccc([C@H](N[C@@H](C)C(=O)NC(=O)OC)C(C)C)cc1. The van der Waals surface area contributed by atoms with Crippen molar-refractivity contribution in [3.8, 4) is 0 Å². The largest absolute Gasteiger partial charge is 0.453 e. The Morgan fingerprint density at radius 1 is 1.12 bits per heavy atom. The fourth-order valence-corrected chi connectivity index (χ4v) is 2.55. The number of unbranched alkanes of at least 4 members (excludes halogenated alkanes) is 1. The molecule has 0 aromatic heterocycles. The molecule has 0 saturated heterocycles. The van der Waals surface area contributed by atoms with Crippen LogP contribution in [0.3, 0.4) is 0 Å². The minimum atomic E-state index is -0.741. The number of hydrogen-bond acceptors (Lipinski definition) is 4. The van der Waals surface area contributed by atoms with Gasteiger partial charge in [-0.15, -0.1) is 0 Å². The predicted octanol–water partition coefficient (Wildman–Crippen LogP) is 3.59. The van der Waals surface area contributed by atoms with E-state index in [1.165, 1.54) is 25.5 Å². The van der Waals surface area contributed by atoms with E-state index in [0.29, 0.717) is 5.92 Å². The van der Waals surface area contributed by atoms with E-state index < -0.39 is 18.0 Å². The molecule has 1 aromatic carbocycles. The highest BCUT2D eigenvalue weighted by atomic mass is 16.5. The molecular formula is C19H30N2O3. The molecule has 0 aliphatic carbocycles. The Kier molecular flexibility index (Phi) is 8.47. The molecule has 2 N–H and O–H groups in total. The van der Waals surface area contributed by atoms with Crippen molar-refractivity contribution in [3.05, 3.63) is 35.4 Å². The number of methoxy groups -OCH3 is 1. The molecule has 0 heterocycles. The first-order valence-electron chi connectivity index (χ1n) is 8.62. The fourth-order valence-electron chi connectivity index (χ4n) is 2.55. The van der Waals surface area contributed by atoms with Gasteiger partial charge < -0.3 is 4.74 Å². The summed E-state index contributed by atoms with van der Waals surface area (Å²) in [7, 11) is 1.23. The summed E-state index contributed by atoms with van der Waals surface area (Å²) >= 11 is 0. The van der Waals surface area contributed by atoms with E-state index in [9.17, 15) is 9.59 Å². The van der Waals surface area contributed by atoms with Crippen LogP contribution in [-0.2, 0) is 16.0 Å². The smallest absolute Gasteiger partial charge is 0.413 e. The van der Waals surface area contributed by atoms with Gasteiger partial charge >= 0.3 is 6.09 Å². The average Bonchev–Trinajstić information content (AvgIpc) is 2.57. The molecule has 2 atom stereocenters. The van der Waals surface area contributed by atoms with Crippen LogP contribution in [0.15, 0.2) is 24.3 Å². The second-order valence-electron chi connectivity index (χ2n) is 6.44. The van der Waals surface area contributed by atoms with Gasteiger partial charge in [-0.1, -0.05) is 51.5 Å². The number of carbonyl (C=O) groups excluding carboxylic acids is 2. The standard InChI is InChI=1S/C19H30N2O3/c1-6-7-8-15-9-11-16(12-10-15)17(13(2)3)20-14(4)18(22)21-19(23)24-5/h9-14,17,20H,6-8H2,1-5H3,(H,21,22,23)/t14-,17+/m0/s1. The van der Waals surface area contributed by atoms with Crippen molar-refractivity contribution in [2.24, 2.45) is 5.92 Å². The van der Waals surface area contributed by atoms with Gasteiger partial charge in [-0.25, -0.2) is 4.79 Å². The van der Waals surface area contributed by atoms with Crippen molar-refractivity contribution in [2.75, 3.05) is 7.11 Å². The molecule has 0 fully saturated rings. The lowest BCUT2D eigenvalue weighted by Crippen LogP contribution is -2.46. The number of aryl methyl sites for hydroxylation is 1. The van der Waals surface area contributed by atoms with Crippen LogP contribution in [0.5, 0.6) is 0 Å². The van der Waals surface area contributed by atoms with Crippen LogP contribution in [0.4, 0.5) is 4.79 Å². The summed E-state index contributed by atoms with van der Waals surface area (Å²) in [5.74, 6) is -0.0908. The molecule has 0 saturated carbocycles. The Morgan fingerprint density at radius 2 is 1.75 bits per heavy atom. The van der Waals surface area contributed by atoms with Crippen molar-refractivity contribution in [3.63, 3.8) is 0 Å². The van der Waals surface area contributed by atoms with E-state index in [2.05, 4.69) is 60.4 Å². The lowest BCUT2D eigenvalue weighted by atomic mass is 9.94. The van der Waals surface area contributed by atoms with E-state index >= 15 is 0 Å². The molecular weight excluding hydrogens is 304 g/mol. The Morgan fingerprint density at radius 3 is 2.25 bits per heavy atom. The third-order valence-corrected chi connectivity index (χ3v) is 4.06. The second-order valence-corrected chi connectivity index (χ2v) is 6.44. The summed E-state index contributed by atoms with van der Waals surface area (Å²) in [5, 5.41) is 5.50. The van der Waals surface area contributed by atoms with E-state index in [4.69, 9.17) is 0 Å². The molecule has 0 aliphatic heterocycles. The number of imide groups is 1. The molecule has 0 spiro atoms. The number of carbonyl (C=O) groups is 2. The number of benzene rings is 1. The van der Waals surface area contributed by atoms with E-state index in [-0.39, 0.29) is 6.04 Å². The van der Waals surface area contributed by atoms with Gasteiger partial charge in [0.15, 0.2) is 0 Å². The number of rotatable bonds is 8. The first-order chi connectivity index (χ1) is 11.4. The van der Waals surface area contributed by atoms with Gasteiger partial charge in [-0.05, 0) is 36.8 Å². The molecule has 2 amide bonds. The predicted molar refractivity (Wildman–Crippen MR) is 95.8 cm³/mol. The molecule has 0 bridgehead atoms. The molecule has 5 heteroatoms. The lowest BCUT2D eigenvalue weighted by molar-refractivity contribution is -0.122. The van der Waals surface area contributed by atoms with Crippen LogP contribution in [0.1, 0.15) is 57.7 Å². The first kappa shape index (κ1) is 20.2. The number of nitrogens with one attached hydrogen (secondary N) is 2. The summed E-state index contributed by atoms with van der Waals surface area (Å²) in [5.41, 5.74) is 2.47. The molecule has 0 radical (unpaired) electrons. The average molecular weight is 334 g/mol. The Balaban J connectivity index is 2.76. The highest BCUT2D eigenvalue weighted by molar-refractivity contribution is 5.94. The molecule has 0 aliphatic rings. The van der Waals surface area contributed by atoms with Gasteiger partial charge in [0.1, 0.15) is 0 Å². The van der Waals surface area contributed by atoms with Gasteiger partial charge in [-0.3, -0.25) is 15.4 Å². The van der Waals surface area contributed by atoms with Crippen molar-refractivity contribution >= 4 is 12.0 Å². The first-order valence-corrected chi connectivity index (χ1v) is 8.62. The van der Waals surface area contributed by atoms with E-state index in [1.54, 1.807) is 6.92 Å². The minimum absolute atomic E-state index is 0.0311. The van der Waals surface area contributed by atoms with Gasteiger partial charge in [0.2, 0.25) is 5.91 Å². The second kappa shape index (κ2) is 10.1. The normalized spacial score (nSPS) is 13.4. The number of ether oxygens (including phenoxy) is 1. The van der Waals surface area contributed by atoms with E-state index in [0.717, 1.165) is 12.0 Å². The lowest BCUT2D eigenvalue weighted by Gasteiger charge is -2.26. The highest BCUT2D eigenvalue weighted by Gasteiger charge is 2.23. The summed E-state index contributed by atoms with van der Waals surface area (Å²) in [4.78, 5) is 23.2. The third kappa shape index (κ3) is 6.32. The molecule has 1 aromatic rings. The fraction of sp³-hybridized carbons (Fsp3) is 0.579. The van der Waals surface area contributed by atoms with Crippen LogP contribution < -0.4 is 10.6 Å². The Labute approximate surface area is 145 Å². The summed E-state index contributed by atoms with van der Waals surface area (Å²) in [6.07, 6.45) is 2.73. The summed E-state index contributed by atoms with van der Waals surface area (Å²) < 4.78 is 4.45. The van der Waals surface area contributed by atoms with Crippen LogP contribution in [0.2, 0.25) is 0 Å². The van der Waals surface area contributed by atoms with Crippen molar-refractivity contribution < 1.29 is 14.3 Å². The maximum Gasteiger partial charge on any atom is 0.413 e. The maximum absolute atomic E-state index is 12.0. The number of amides is 2. The van der Waals surface area contributed by atoms with Crippen LogP contribution >= 0.6 is 0 Å². The Bertz CT molecular complexity index is 526. The Hall–Kier alpha value is -1.88. The number of hydrogen-bond donors (Lipinski definition) is 2. The maximum atomic E-state index is 12.0. The zero-order chi connectivity index (χ0) is 18.1. The number of alkyl carbamates (subject to hydrolysis) is 1. The highest BCUT2D eigenvalue weighted by Crippen LogP contribution is 2.23. The minimum Gasteiger partial charge on any atom is -0.453 e. The monoisotopic (exact) mass is 334 g/mol. The molecule has 0 unspecified atom stereocenters. The summed E-state index contributed by atoms with van der Waals surface area (Å²) in [6.45, 7) is 8.14. The van der Waals surface area contributed by atoms with Crippen LogP contribution in [0.25, 0.3) is 0 Å². The quantitative estimate of drug-likeness (QED) is 0.762. The third-order valence-electron chi connectivity index (χ3n) is 4.06. The molecule has 134 valence electrons. The van der Waals surface area contributed by atoms with Crippen molar-refractivity contribution in [2.45, 2.75) is 59.0 Å². The molecule has 5 nitrogen and oxygen atoms in total. The van der Waals surface area contributed by atoms with Gasteiger partial charge in [0.05, 0.1) is 13.2 Å².